The van der Waals surface area contributed by atoms with Gasteiger partial charge in [-0.1, -0.05) is 6.92 Å². The molecule has 37 heavy (non-hydrogen) atoms. The molecule has 3 aromatic rings. The fourth-order valence-electron chi connectivity index (χ4n) is 4.37. The molecule has 1 unspecified atom stereocenters. The number of fused-ring (bicyclic) bond motifs is 3. The molecule has 200 valence electrons. The zero-order valence-electron chi connectivity index (χ0n) is 21.3. The molecule has 0 bridgehead atoms. The lowest BCUT2D eigenvalue weighted by Crippen LogP contribution is -2.39. The molecule has 1 aliphatic rings. The Labute approximate surface area is 214 Å². The molecule has 3 N–H and O–H groups in total. The summed E-state index contributed by atoms with van der Waals surface area (Å²) >= 11 is 0. The second-order valence-corrected chi connectivity index (χ2v) is 12.0. The first kappa shape index (κ1) is 26.8. The number of pyridine rings is 1. The molecular formula is C25H32N4O7S. The monoisotopic (exact) mass is 532 g/mol. The van der Waals surface area contributed by atoms with E-state index in [1.807, 2.05) is 6.92 Å². The minimum absolute atomic E-state index is 0.0124. The standard InChI is InChI=1S/C25H32N4O7S/c1-5-10-35-24(32)18-12-27-22-21(18)17-11-16(6-7-19(17)28-23(22)31)37(33,34)29-9-8-15(14-29)26-13-20(30)36-25(2,3)4/h6-7,11-12,15,26-27H,5,8-10,13-14H2,1-4H3,(H,28,31). The van der Waals surface area contributed by atoms with Crippen LogP contribution in [-0.4, -0.2) is 72.5 Å². The summed E-state index contributed by atoms with van der Waals surface area (Å²) in [6.45, 7) is 7.92. The quantitative estimate of drug-likeness (QED) is 0.374. The fourth-order valence-corrected chi connectivity index (χ4v) is 5.89. The third kappa shape index (κ3) is 5.71. The highest BCUT2D eigenvalue weighted by Crippen LogP contribution is 2.29. The Morgan fingerprint density at radius 2 is 2.00 bits per heavy atom. The first-order valence-electron chi connectivity index (χ1n) is 12.2. The lowest BCUT2D eigenvalue weighted by atomic mass is 10.1. The molecule has 0 saturated carbocycles. The molecule has 0 aliphatic carbocycles. The van der Waals surface area contributed by atoms with Gasteiger partial charge in [0.1, 0.15) is 11.1 Å². The molecule has 11 nitrogen and oxygen atoms in total. The number of aromatic amines is 2. The van der Waals surface area contributed by atoms with E-state index in [2.05, 4.69) is 15.3 Å². The lowest BCUT2D eigenvalue weighted by molar-refractivity contribution is -0.153. The van der Waals surface area contributed by atoms with E-state index in [4.69, 9.17) is 9.47 Å². The summed E-state index contributed by atoms with van der Waals surface area (Å²) in [5, 5.41) is 3.81. The molecule has 0 amide bonds. The molecule has 4 rings (SSSR count). The topological polar surface area (TPSA) is 151 Å². The van der Waals surface area contributed by atoms with Gasteiger partial charge in [0.15, 0.2) is 0 Å². The Morgan fingerprint density at radius 3 is 2.70 bits per heavy atom. The van der Waals surface area contributed by atoms with Gasteiger partial charge in [0, 0.05) is 41.6 Å². The minimum Gasteiger partial charge on any atom is -0.462 e. The van der Waals surface area contributed by atoms with E-state index in [-0.39, 0.29) is 48.3 Å². The van der Waals surface area contributed by atoms with Gasteiger partial charge in [-0.2, -0.15) is 4.31 Å². The van der Waals surface area contributed by atoms with Gasteiger partial charge < -0.3 is 24.8 Å². The van der Waals surface area contributed by atoms with Gasteiger partial charge >= 0.3 is 11.9 Å². The normalized spacial score (nSPS) is 16.9. The van der Waals surface area contributed by atoms with E-state index in [0.29, 0.717) is 29.1 Å². The van der Waals surface area contributed by atoms with E-state index in [1.165, 1.54) is 28.7 Å². The smallest absolute Gasteiger partial charge is 0.340 e. The van der Waals surface area contributed by atoms with E-state index < -0.39 is 33.1 Å². The first-order valence-corrected chi connectivity index (χ1v) is 13.6. The second-order valence-electron chi connectivity index (χ2n) is 10.1. The van der Waals surface area contributed by atoms with E-state index in [0.717, 1.165) is 0 Å². The second kappa shape index (κ2) is 10.3. The van der Waals surface area contributed by atoms with Gasteiger partial charge in [0.2, 0.25) is 10.0 Å². The number of aromatic nitrogens is 2. The van der Waals surface area contributed by atoms with Crippen LogP contribution >= 0.6 is 0 Å². The molecular weight excluding hydrogens is 500 g/mol. The van der Waals surface area contributed by atoms with Gasteiger partial charge in [-0.25, -0.2) is 13.2 Å². The fraction of sp³-hybridized carbons (Fsp3) is 0.480. The van der Waals surface area contributed by atoms with E-state index >= 15 is 0 Å². The number of sulfonamides is 1. The number of hydrogen-bond donors (Lipinski definition) is 3. The number of rotatable bonds is 8. The number of esters is 2. The number of H-pyrrole nitrogens is 2. The largest absolute Gasteiger partial charge is 0.462 e. The SMILES string of the molecule is CCCOC(=O)c1c[nH]c2c(=O)[nH]c3ccc(S(=O)(=O)N4CCC(NCC(=O)OC(C)(C)C)C4)cc3c12. The van der Waals surface area contributed by atoms with Crippen molar-refractivity contribution < 1.29 is 27.5 Å². The van der Waals surface area contributed by atoms with Crippen molar-refractivity contribution in [2.24, 2.45) is 0 Å². The van der Waals surface area contributed by atoms with Gasteiger partial charge in [-0.15, -0.1) is 0 Å². The number of hydrogen-bond acceptors (Lipinski definition) is 8. The summed E-state index contributed by atoms with van der Waals surface area (Å²) in [6.07, 6.45) is 2.58. The summed E-state index contributed by atoms with van der Waals surface area (Å²) in [5.41, 5.74) is -0.286. The van der Waals surface area contributed by atoms with Crippen molar-refractivity contribution in [2.45, 2.75) is 57.1 Å². The summed E-state index contributed by atoms with van der Waals surface area (Å²) in [6, 6.07) is 4.22. The van der Waals surface area contributed by atoms with Crippen molar-refractivity contribution in [2.75, 3.05) is 26.2 Å². The van der Waals surface area contributed by atoms with Crippen LogP contribution in [0.4, 0.5) is 0 Å². The molecule has 2 aromatic heterocycles. The highest BCUT2D eigenvalue weighted by atomic mass is 32.2. The molecule has 1 aromatic carbocycles. The molecule has 0 spiro atoms. The van der Waals surface area contributed by atoms with Gasteiger partial charge in [-0.3, -0.25) is 9.59 Å². The molecule has 3 heterocycles. The van der Waals surface area contributed by atoms with Crippen molar-refractivity contribution in [3.8, 4) is 0 Å². The summed E-state index contributed by atoms with van der Waals surface area (Å²) < 4.78 is 38.9. The van der Waals surface area contributed by atoms with Crippen LogP contribution in [0.3, 0.4) is 0 Å². The third-order valence-corrected chi connectivity index (χ3v) is 7.88. The Bertz CT molecular complexity index is 1500. The average molecular weight is 533 g/mol. The van der Waals surface area contributed by atoms with Crippen LogP contribution in [-0.2, 0) is 24.3 Å². The van der Waals surface area contributed by atoms with Crippen molar-refractivity contribution in [3.05, 3.63) is 40.3 Å². The maximum atomic E-state index is 13.5. The van der Waals surface area contributed by atoms with Crippen LogP contribution in [0, 0.1) is 0 Å². The van der Waals surface area contributed by atoms with Gasteiger partial charge in [-0.05, 0) is 51.8 Å². The number of benzene rings is 1. The Hall–Kier alpha value is -3.22. The van der Waals surface area contributed by atoms with Crippen LogP contribution in [0.2, 0.25) is 0 Å². The maximum absolute atomic E-state index is 13.5. The minimum atomic E-state index is -3.88. The van der Waals surface area contributed by atoms with Crippen molar-refractivity contribution in [3.63, 3.8) is 0 Å². The number of ether oxygens (including phenoxy) is 2. The number of nitrogens with zero attached hydrogens (tertiary/aromatic N) is 1. The number of nitrogens with one attached hydrogen (secondary N) is 3. The molecule has 1 atom stereocenters. The van der Waals surface area contributed by atoms with Crippen molar-refractivity contribution in [1.29, 1.82) is 0 Å². The van der Waals surface area contributed by atoms with E-state index in [9.17, 15) is 22.8 Å². The zero-order valence-corrected chi connectivity index (χ0v) is 22.2. The average Bonchev–Trinajstić information content (AvgIpc) is 3.48. The molecule has 12 heteroatoms. The molecule has 1 aliphatic heterocycles. The molecule has 0 radical (unpaired) electrons. The van der Waals surface area contributed by atoms with Crippen LogP contribution in [0.25, 0.3) is 21.8 Å². The van der Waals surface area contributed by atoms with E-state index in [1.54, 1.807) is 20.8 Å². The third-order valence-electron chi connectivity index (χ3n) is 6.02. The van der Waals surface area contributed by atoms with Gasteiger partial charge in [0.25, 0.3) is 5.56 Å². The predicted octanol–water partition coefficient (Wildman–Crippen LogP) is 2.27. The number of carbonyl (C=O) groups is 2. The Balaban J connectivity index is 1.60. The van der Waals surface area contributed by atoms with Crippen LogP contribution in [0.5, 0.6) is 0 Å². The number of carbonyl (C=O) groups excluding carboxylic acids is 2. The lowest BCUT2D eigenvalue weighted by Gasteiger charge is -2.21. The summed E-state index contributed by atoms with van der Waals surface area (Å²) in [7, 11) is -3.88. The predicted molar refractivity (Wildman–Crippen MR) is 138 cm³/mol. The molecule has 1 saturated heterocycles. The first-order chi connectivity index (χ1) is 17.4. The van der Waals surface area contributed by atoms with Crippen molar-refractivity contribution >= 4 is 43.8 Å². The van der Waals surface area contributed by atoms with Crippen LogP contribution < -0.4 is 10.9 Å². The zero-order chi connectivity index (χ0) is 27.0. The van der Waals surface area contributed by atoms with Crippen LogP contribution in [0.15, 0.2) is 34.1 Å². The summed E-state index contributed by atoms with van der Waals surface area (Å²) in [5.74, 6) is -0.993. The maximum Gasteiger partial charge on any atom is 0.340 e. The Kier molecular flexibility index (Phi) is 7.45. The molecule has 1 fully saturated rings. The van der Waals surface area contributed by atoms with Crippen LogP contribution in [0.1, 0.15) is 50.9 Å². The summed E-state index contributed by atoms with van der Waals surface area (Å²) in [4.78, 5) is 42.8. The van der Waals surface area contributed by atoms with Gasteiger partial charge in [0.05, 0.1) is 23.6 Å². The highest BCUT2D eigenvalue weighted by Gasteiger charge is 2.33. The highest BCUT2D eigenvalue weighted by molar-refractivity contribution is 7.89. The Morgan fingerprint density at radius 1 is 1.24 bits per heavy atom. The van der Waals surface area contributed by atoms with Crippen molar-refractivity contribution in [1.82, 2.24) is 19.6 Å².